The molecular weight excluding hydrogens is 430 g/mol. The molecule has 1 aliphatic rings. The van der Waals surface area contributed by atoms with E-state index in [2.05, 4.69) is 35.7 Å². The Morgan fingerprint density at radius 2 is 1.68 bits per heavy atom. The Balaban J connectivity index is 1.69. The first kappa shape index (κ1) is 24.1. The molecule has 3 aromatic carbocycles. The van der Waals surface area contributed by atoms with Crippen molar-refractivity contribution in [2.24, 2.45) is 0 Å². The van der Waals surface area contributed by atoms with Gasteiger partial charge in [0.05, 0.1) is 23.3 Å². The second-order valence-corrected chi connectivity index (χ2v) is 9.58. The van der Waals surface area contributed by atoms with Crippen LogP contribution in [-0.2, 0) is 6.42 Å². The van der Waals surface area contributed by atoms with Gasteiger partial charge in [-0.2, -0.15) is 5.26 Å². The highest BCUT2D eigenvalue weighted by Gasteiger charge is 2.44. The molecule has 0 amide bonds. The standard InChI is InChI=1S/C29H30F2N2O/c1-19-7-9-21(10-8-19)14-27(23-6-3-5-22(13-23)18-32)20(2)33-28(29(34)11-4-12-29)24-15-25(30)17-26(31)16-24/h3,5-10,13,15-17,20,27-28,33-34H,4,11-12,14H2,1-2H3/t20-,27+,28?/m0/s1. The second-order valence-electron chi connectivity index (χ2n) is 9.58. The van der Waals surface area contributed by atoms with Crippen molar-refractivity contribution in [1.29, 1.82) is 5.26 Å². The van der Waals surface area contributed by atoms with Gasteiger partial charge in [-0.1, -0.05) is 42.0 Å². The van der Waals surface area contributed by atoms with Gasteiger partial charge >= 0.3 is 0 Å². The summed E-state index contributed by atoms with van der Waals surface area (Å²) in [5.41, 5.74) is 3.27. The Morgan fingerprint density at radius 1 is 1.00 bits per heavy atom. The molecule has 4 rings (SSSR count). The molecule has 0 radical (unpaired) electrons. The zero-order valence-electron chi connectivity index (χ0n) is 19.6. The van der Waals surface area contributed by atoms with Gasteiger partial charge in [0.1, 0.15) is 11.6 Å². The van der Waals surface area contributed by atoms with Crippen molar-refractivity contribution in [2.45, 2.75) is 63.1 Å². The Hall–Kier alpha value is -3.07. The maximum Gasteiger partial charge on any atom is 0.126 e. The van der Waals surface area contributed by atoms with Gasteiger partial charge in [-0.3, -0.25) is 0 Å². The van der Waals surface area contributed by atoms with Gasteiger partial charge in [-0.15, -0.1) is 0 Å². The molecule has 0 saturated heterocycles. The zero-order valence-corrected chi connectivity index (χ0v) is 19.6. The lowest BCUT2D eigenvalue weighted by Gasteiger charge is -2.45. The number of nitrogens with zero attached hydrogens (tertiary/aromatic N) is 1. The van der Waals surface area contributed by atoms with Gasteiger partial charge in [0, 0.05) is 18.0 Å². The van der Waals surface area contributed by atoms with E-state index in [0.717, 1.165) is 23.6 Å². The monoisotopic (exact) mass is 460 g/mol. The van der Waals surface area contributed by atoms with Crippen LogP contribution < -0.4 is 5.32 Å². The van der Waals surface area contributed by atoms with E-state index in [1.807, 2.05) is 32.0 Å². The van der Waals surface area contributed by atoms with Crippen LogP contribution in [0.2, 0.25) is 0 Å². The van der Waals surface area contributed by atoms with Gasteiger partial charge in [-0.25, -0.2) is 8.78 Å². The van der Waals surface area contributed by atoms with Crippen LogP contribution in [0.1, 0.15) is 66.0 Å². The Bertz CT molecular complexity index is 1160. The van der Waals surface area contributed by atoms with E-state index in [-0.39, 0.29) is 12.0 Å². The summed E-state index contributed by atoms with van der Waals surface area (Å²) in [7, 11) is 0. The van der Waals surface area contributed by atoms with Crippen LogP contribution in [0.3, 0.4) is 0 Å². The number of hydrogen-bond acceptors (Lipinski definition) is 3. The van der Waals surface area contributed by atoms with Crippen LogP contribution in [0, 0.1) is 29.9 Å². The van der Waals surface area contributed by atoms with Crippen molar-refractivity contribution in [3.8, 4) is 6.07 Å². The SMILES string of the molecule is Cc1ccc(C[C@@H](c2cccc(C#N)c2)[C@H](C)NC(c2cc(F)cc(F)c2)C2(O)CCC2)cc1. The molecule has 2 N–H and O–H groups in total. The lowest BCUT2D eigenvalue weighted by molar-refractivity contribution is -0.0695. The summed E-state index contributed by atoms with van der Waals surface area (Å²) < 4.78 is 28.2. The van der Waals surface area contributed by atoms with E-state index in [0.29, 0.717) is 30.4 Å². The van der Waals surface area contributed by atoms with Crippen LogP contribution in [0.25, 0.3) is 0 Å². The van der Waals surface area contributed by atoms with Crippen LogP contribution in [0.15, 0.2) is 66.7 Å². The highest BCUT2D eigenvalue weighted by molar-refractivity contribution is 5.36. The summed E-state index contributed by atoms with van der Waals surface area (Å²) in [6.07, 6.45) is 2.73. The van der Waals surface area contributed by atoms with E-state index in [4.69, 9.17) is 0 Å². The van der Waals surface area contributed by atoms with Crippen LogP contribution in [0.5, 0.6) is 0 Å². The summed E-state index contributed by atoms with van der Waals surface area (Å²) in [4.78, 5) is 0. The van der Waals surface area contributed by atoms with Gasteiger partial charge < -0.3 is 10.4 Å². The summed E-state index contributed by atoms with van der Waals surface area (Å²) in [5, 5.41) is 24.2. The quantitative estimate of drug-likeness (QED) is 0.427. The molecule has 0 bridgehead atoms. The minimum absolute atomic E-state index is 0.0272. The molecule has 1 saturated carbocycles. The maximum absolute atomic E-state index is 14.1. The molecule has 1 aliphatic carbocycles. The highest BCUT2D eigenvalue weighted by atomic mass is 19.1. The highest BCUT2D eigenvalue weighted by Crippen LogP contribution is 2.43. The van der Waals surface area contributed by atoms with E-state index in [1.165, 1.54) is 17.7 Å². The van der Waals surface area contributed by atoms with Crippen LogP contribution >= 0.6 is 0 Å². The third kappa shape index (κ3) is 5.35. The molecule has 0 heterocycles. The molecule has 3 atom stereocenters. The average Bonchev–Trinajstić information content (AvgIpc) is 2.80. The van der Waals surface area contributed by atoms with E-state index < -0.39 is 23.3 Å². The lowest BCUT2D eigenvalue weighted by atomic mass is 9.71. The normalized spacial score (nSPS) is 17.3. The van der Waals surface area contributed by atoms with Gasteiger partial charge in [0.15, 0.2) is 0 Å². The largest absolute Gasteiger partial charge is 0.388 e. The fourth-order valence-corrected chi connectivity index (χ4v) is 4.91. The lowest BCUT2D eigenvalue weighted by Crippen LogP contribution is -2.52. The fraction of sp³-hybridized carbons (Fsp3) is 0.345. The number of benzene rings is 3. The van der Waals surface area contributed by atoms with Gasteiger partial charge in [0.2, 0.25) is 0 Å². The van der Waals surface area contributed by atoms with Crippen molar-refractivity contribution in [3.05, 3.63) is 106 Å². The van der Waals surface area contributed by atoms with Crippen LogP contribution in [0.4, 0.5) is 8.78 Å². The molecule has 1 unspecified atom stereocenters. The van der Waals surface area contributed by atoms with Crippen molar-refractivity contribution >= 4 is 0 Å². The molecular formula is C29H30F2N2O. The Kier molecular flexibility index (Phi) is 7.11. The summed E-state index contributed by atoms with van der Waals surface area (Å²) in [5.74, 6) is -1.34. The maximum atomic E-state index is 14.1. The number of hydrogen-bond donors (Lipinski definition) is 2. The number of nitrogens with one attached hydrogen (secondary N) is 1. The number of halogens is 2. The third-order valence-corrected chi connectivity index (χ3v) is 7.03. The van der Waals surface area contributed by atoms with Crippen molar-refractivity contribution < 1.29 is 13.9 Å². The van der Waals surface area contributed by atoms with Crippen molar-refractivity contribution in [1.82, 2.24) is 5.32 Å². The average molecular weight is 461 g/mol. The van der Waals surface area contributed by atoms with Crippen molar-refractivity contribution in [3.63, 3.8) is 0 Å². The van der Waals surface area contributed by atoms with E-state index in [9.17, 15) is 19.1 Å². The number of aryl methyl sites for hydroxylation is 1. The topological polar surface area (TPSA) is 56.0 Å². The molecule has 176 valence electrons. The van der Waals surface area contributed by atoms with Crippen molar-refractivity contribution in [2.75, 3.05) is 0 Å². The molecule has 0 aromatic heterocycles. The molecule has 3 nitrogen and oxygen atoms in total. The first-order valence-corrected chi connectivity index (χ1v) is 11.8. The summed E-state index contributed by atoms with van der Waals surface area (Å²) in [6, 6.07) is 20.8. The minimum Gasteiger partial charge on any atom is -0.388 e. The predicted molar refractivity (Wildman–Crippen MR) is 129 cm³/mol. The number of nitriles is 1. The predicted octanol–water partition coefficient (Wildman–Crippen LogP) is 6.11. The number of rotatable bonds is 8. The molecule has 5 heteroatoms. The fourth-order valence-electron chi connectivity index (χ4n) is 4.91. The van der Waals surface area contributed by atoms with Gasteiger partial charge in [-0.05, 0) is 80.5 Å². The van der Waals surface area contributed by atoms with E-state index in [1.54, 1.807) is 6.07 Å². The third-order valence-electron chi connectivity index (χ3n) is 7.03. The number of aliphatic hydroxyl groups is 1. The molecule has 1 fully saturated rings. The summed E-state index contributed by atoms with van der Waals surface area (Å²) >= 11 is 0. The van der Waals surface area contributed by atoms with Crippen LogP contribution in [-0.4, -0.2) is 16.7 Å². The van der Waals surface area contributed by atoms with E-state index >= 15 is 0 Å². The smallest absolute Gasteiger partial charge is 0.126 e. The molecule has 3 aromatic rings. The molecule has 0 aliphatic heterocycles. The zero-order chi connectivity index (χ0) is 24.3. The second kappa shape index (κ2) is 10.0. The molecule has 0 spiro atoms. The summed E-state index contributed by atoms with van der Waals surface area (Å²) in [6.45, 7) is 4.08. The van der Waals surface area contributed by atoms with Gasteiger partial charge in [0.25, 0.3) is 0 Å². The first-order valence-electron chi connectivity index (χ1n) is 11.8. The first-order chi connectivity index (χ1) is 16.3. The molecule has 34 heavy (non-hydrogen) atoms. The Labute approximate surface area is 200 Å². The Morgan fingerprint density at radius 3 is 2.26 bits per heavy atom. The minimum atomic E-state index is -1.06.